The summed E-state index contributed by atoms with van der Waals surface area (Å²) in [7, 11) is 0. The van der Waals surface area contributed by atoms with Gasteiger partial charge in [0, 0.05) is 23.7 Å². The Hall–Kier alpha value is -1.49. The molecule has 0 aliphatic carbocycles. The van der Waals surface area contributed by atoms with Crippen molar-refractivity contribution in [3.8, 4) is 0 Å². The molecule has 0 saturated carbocycles. The summed E-state index contributed by atoms with van der Waals surface area (Å²) in [4.78, 5) is 12.0. The van der Waals surface area contributed by atoms with Gasteiger partial charge in [0.25, 0.3) is 0 Å². The van der Waals surface area contributed by atoms with Crippen LogP contribution in [0, 0.1) is 17.6 Å². The highest BCUT2D eigenvalue weighted by Gasteiger charge is 2.24. The number of nitrogens with one attached hydrogen (secondary N) is 2. The maximum atomic E-state index is 13.0. The summed E-state index contributed by atoms with van der Waals surface area (Å²) in [6, 6.07) is 3.67. The van der Waals surface area contributed by atoms with Crippen LogP contribution in [0.15, 0.2) is 18.2 Å². The molecule has 1 aliphatic rings. The number of benzene rings is 1. The van der Waals surface area contributed by atoms with Gasteiger partial charge in [0.1, 0.15) is 0 Å². The Balaban J connectivity index is 2.00. The lowest BCUT2D eigenvalue weighted by molar-refractivity contribution is -0.120. The molecule has 0 bridgehead atoms. The van der Waals surface area contributed by atoms with E-state index >= 15 is 0 Å². The molecule has 98 valence electrons. The second-order valence-corrected chi connectivity index (χ2v) is 4.69. The summed E-state index contributed by atoms with van der Waals surface area (Å²) in [5, 5.41) is 5.88. The lowest BCUT2D eigenvalue weighted by Gasteiger charge is -2.27. The van der Waals surface area contributed by atoms with Crippen LogP contribution in [0.3, 0.4) is 0 Å². The molecule has 1 aromatic rings. The summed E-state index contributed by atoms with van der Waals surface area (Å²) < 4.78 is 25.7. The largest absolute Gasteiger partial charge is 0.326 e. The lowest BCUT2D eigenvalue weighted by Crippen LogP contribution is -2.40. The van der Waals surface area contributed by atoms with Gasteiger partial charge < -0.3 is 10.6 Å². The zero-order valence-electron chi connectivity index (χ0n) is 10.2. The number of halogens is 2. The maximum absolute atomic E-state index is 13.0. The van der Waals surface area contributed by atoms with E-state index < -0.39 is 11.6 Å². The number of piperidine rings is 1. The Morgan fingerprint density at radius 1 is 1.39 bits per heavy atom. The Morgan fingerprint density at radius 3 is 2.83 bits per heavy atom. The Labute approximate surface area is 105 Å². The molecule has 0 spiro atoms. The van der Waals surface area contributed by atoms with Crippen molar-refractivity contribution >= 4 is 11.6 Å². The number of amides is 1. The molecule has 0 aromatic heterocycles. The van der Waals surface area contributed by atoms with Gasteiger partial charge in [0.2, 0.25) is 5.91 Å². The van der Waals surface area contributed by atoms with Crippen molar-refractivity contribution in [2.24, 2.45) is 5.92 Å². The maximum Gasteiger partial charge on any atom is 0.227 e. The predicted molar refractivity (Wildman–Crippen MR) is 65.2 cm³/mol. The van der Waals surface area contributed by atoms with Gasteiger partial charge in [-0.1, -0.05) is 0 Å². The molecule has 2 rings (SSSR count). The number of carbonyl (C=O) groups is 1. The van der Waals surface area contributed by atoms with Gasteiger partial charge in [-0.2, -0.15) is 0 Å². The fraction of sp³-hybridized carbons (Fsp3) is 0.462. The first kappa shape index (κ1) is 13.0. The normalized spacial score (nSPS) is 23.7. The molecule has 1 aromatic carbocycles. The van der Waals surface area contributed by atoms with E-state index in [0.29, 0.717) is 11.7 Å². The monoisotopic (exact) mass is 254 g/mol. The molecule has 5 heteroatoms. The Bertz CT molecular complexity index is 451. The third-order valence-corrected chi connectivity index (χ3v) is 3.18. The van der Waals surface area contributed by atoms with Crippen molar-refractivity contribution < 1.29 is 13.6 Å². The van der Waals surface area contributed by atoms with Crippen LogP contribution in [0.25, 0.3) is 0 Å². The van der Waals surface area contributed by atoms with E-state index in [1.165, 1.54) is 6.07 Å². The Kier molecular flexibility index (Phi) is 3.91. The van der Waals surface area contributed by atoms with Gasteiger partial charge in [0.15, 0.2) is 11.6 Å². The van der Waals surface area contributed by atoms with Crippen LogP contribution < -0.4 is 10.6 Å². The third kappa shape index (κ3) is 3.04. The molecular weight excluding hydrogens is 238 g/mol. The molecule has 1 heterocycles. The van der Waals surface area contributed by atoms with Gasteiger partial charge in [0.05, 0.1) is 0 Å². The molecule has 0 radical (unpaired) electrons. The van der Waals surface area contributed by atoms with E-state index in [4.69, 9.17) is 0 Å². The van der Waals surface area contributed by atoms with Gasteiger partial charge in [-0.25, -0.2) is 8.78 Å². The van der Waals surface area contributed by atoms with Gasteiger partial charge in [-0.15, -0.1) is 0 Å². The smallest absolute Gasteiger partial charge is 0.227 e. The van der Waals surface area contributed by atoms with E-state index in [-0.39, 0.29) is 11.8 Å². The van der Waals surface area contributed by atoms with Crippen molar-refractivity contribution in [3.05, 3.63) is 29.8 Å². The van der Waals surface area contributed by atoms with Crippen LogP contribution in [0.4, 0.5) is 14.5 Å². The van der Waals surface area contributed by atoms with E-state index in [0.717, 1.165) is 31.5 Å². The zero-order valence-corrected chi connectivity index (χ0v) is 10.2. The number of hydrogen-bond acceptors (Lipinski definition) is 2. The number of anilines is 1. The topological polar surface area (TPSA) is 41.1 Å². The highest BCUT2D eigenvalue weighted by atomic mass is 19.2. The standard InChI is InChI=1S/C13H16F2N2O/c1-8-6-9(4-5-16-8)13(18)17-10-2-3-11(14)12(15)7-10/h2-3,7-9,16H,4-6H2,1H3,(H,17,18)/t8-,9-/m0/s1. The van der Waals surface area contributed by atoms with Crippen molar-refractivity contribution in [2.45, 2.75) is 25.8 Å². The zero-order chi connectivity index (χ0) is 13.1. The minimum Gasteiger partial charge on any atom is -0.326 e. The van der Waals surface area contributed by atoms with Crippen LogP contribution in [0.1, 0.15) is 19.8 Å². The van der Waals surface area contributed by atoms with E-state index in [1.807, 2.05) is 6.92 Å². The van der Waals surface area contributed by atoms with Crippen molar-refractivity contribution in [3.63, 3.8) is 0 Å². The van der Waals surface area contributed by atoms with Crippen molar-refractivity contribution in [1.29, 1.82) is 0 Å². The molecule has 2 N–H and O–H groups in total. The van der Waals surface area contributed by atoms with Crippen LogP contribution in [0.5, 0.6) is 0 Å². The summed E-state index contributed by atoms with van der Waals surface area (Å²) in [6.07, 6.45) is 1.52. The fourth-order valence-electron chi connectivity index (χ4n) is 2.19. The predicted octanol–water partition coefficient (Wildman–Crippen LogP) is 2.29. The highest BCUT2D eigenvalue weighted by molar-refractivity contribution is 5.92. The number of hydrogen-bond donors (Lipinski definition) is 2. The van der Waals surface area contributed by atoms with Gasteiger partial charge in [-0.05, 0) is 38.4 Å². The first-order valence-electron chi connectivity index (χ1n) is 6.05. The van der Waals surface area contributed by atoms with E-state index in [2.05, 4.69) is 10.6 Å². The molecule has 3 nitrogen and oxygen atoms in total. The molecule has 2 atom stereocenters. The van der Waals surface area contributed by atoms with E-state index in [9.17, 15) is 13.6 Å². The first-order valence-corrected chi connectivity index (χ1v) is 6.05. The average Bonchev–Trinajstić information content (AvgIpc) is 2.34. The van der Waals surface area contributed by atoms with Gasteiger partial charge >= 0.3 is 0 Å². The summed E-state index contributed by atoms with van der Waals surface area (Å²) in [5.74, 6) is -2.07. The lowest BCUT2D eigenvalue weighted by atomic mass is 9.92. The molecule has 1 saturated heterocycles. The molecular formula is C13H16F2N2O. The summed E-state index contributed by atoms with van der Waals surface area (Å²) in [5.41, 5.74) is 0.296. The van der Waals surface area contributed by atoms with E-state index in [1.54, 1.807) is 0 Å². The quantitative estimate of drug-likeness (QED) is 0.850. The minimum atomic E-state index is -0.952. The number of rotatable bonds is 2. The fourth-order valence-corrected chi connectivity index (χ4v) is 2.19. The van der Waals surface area contributed by atoms with Crippen LogP contribution >= 0.6 is 0 Å². The van der Waals surface area contributed by atoms with Crippen LogP contribution in [-0.4, -0.2) is 18.5 Å². The van der Waals surface area contributed by atoms with Crippen molar-refractivity contribution in [1.82, 2.24) is 5.32 Å². The molecule has 0 unspecified atom stereocenters. The molecule has 1 aliphatic heterocycles. The highest BCUT2D eigenvalue weighted by Crippen LogP contribution is 2.19. The number of carbonyl (C=O) groups excluding carboxylic acids is 1. The third-order valence-electron chi connectivity index (χ3n) is 3.18. The van der Waals surface area contributed by atoms with Crippen molar-refractivity contribution in [2.75, 3.05) is 11.9 Å². The molecule has 18 heavy (non-hydrogen) atoms. The Morgan fingerprint density at radius 2 is 2.17 bits per heavy atom. The van der Waals surface area contributed by atoms with Gasteiger partial charge in [-0.3, -0.25) is 4.79 Å². The first-order chi connectivity index (χ1) is 8.56. The summed E-state index contributed by atoms with van der Waals surface area (Å²) >= 11 is 0. The van der Waals surface area contributed by atoms with Crippen LogP contribution in [0.2, 0.25) is 0 Å². The minimum absolute atomic E-state index is 0.0747. The second kappa shape index (κ2) is 5.44. The second-order valence-electron chi connectivity index (χ2n) is 4.69. The average molecular weight is 254 g/mol. The SMILES string of the molecule is C[C@H]1C[C@@H](C(=O)Nc2ccc(F)c(F)c2)CCN1. The summed E-state index contributed by atoms with van der Waals surface area (Å²) in [6.45, 7) is 2.83. The molecule has 1 fully saturated rings. The van der Waals surface area contributed by atoms with Crippen LogP contribution in [-0.2, 0) is 4.79 Å². The molecule has 1 amide bonds.